The summed E-state index contributed by atoms with van der Waals surface area (Å²) < 4.78 is 63.2. The lowest BCUT2D eigenvalue weighted by molar-refractivity contribution is -0.274. The first-order chi connectivity index (χ1) is 17.7. The van der Waals surface area contributed by atoms with E-state index in [1.54, 1.807) is 23.9 Å². The first-order valence-electron chi connectivity index (χ1n) is 11.3. The van der Waals surface area contributed by atoms with Gasteiger partial charge in [0.1, 0.15) is 11.6 Å². The van der Waals surface area contributed by atoms with Crippen molar-refractivity contribution in [3.8, 4) is 11.5 Å². The maximum atomic E-state index is 14.5. The van der Waals surface area contributed by atoms with Gasteiger partial charge in [-0.15, -0.1) is 0 Å². The highest BCUT2D eigenvalue weighted by molar-refractivity contribution is 6.31. The van der Waals surface area contributed by atoms with Gasteiger partial charge in [0, 0.05) is 25.0 Å². The molecule has 0 saturated carbocycles. The van der Waals surface area contributed by atoms with Crippen molar-refractivity contribution in [2.24, 2.45) is 0 Å². The minimum Gasteiger partial charge on any atom is -0.478 e. The Kier molecular flexibility index (Phi) is 6.83. The predicted octanol–water partition coefficient (Wildman–Crippen LogP) is 6.88. The largest absolute Gasteiger partial charge is 0.478 e. The Labute approximate surface area is 220 Å². The fourth-order valence-electron chi connectivity index (χ4n) is 4.47. The molecule has 4 rings (SSSR count). The summed E-state index contributed by atoms with van der Waals surface area (Å²) in [5.41, 5.74) is -2.88. The molecule has 0 saturated heterocycles. The summed E-state index contributed by atoms with van der Waals surface area (Å²) in [5, 5.41) is 20.1. The van der Waals surface area contributed by atoms with Crippen LogP contribution in [0.4, 0.5) is 28.9 Å². The van der Waals surface area contributed by atoms with E-state index in [4.69, 9.17) is 21.4 Å². The van der Waals surface area contributed by atoms with Gasteiger partial charge in [0.25, 0.3) is 0 Å². The van der Waals surface area contributed by atoms with Crippen LogP contribution in [0.1, 0.15) is 34.3 Å². The third-order valence-corrected chi connectivity index (χ3v) is 7.14. The van der Waals surface area contributed by atoms with E-state index in [2.05, 4.69) is 6.58 Å². The summed E-state index contributed by atoms with van der Waals surface area (Å²) in [6, 6.07) is 10.8. The average Bonchev–Trinajstić information content (AvgIpc) is 3.07. The van der Waals surface area contributed by atoms with Crippen molar-refractivity contribution < 1.29 is 37.3 Å². The number of halogens is 5. The molecule has 1 aliphatic heterocycles. The van der Waals surface area contributed by atoms with Gasteiger partial charge in [-0.2, -0.15) is 13.2 Å². The number of alkyl halides is 3. The van der Waals surface area contributed by atoms with E-state index >= 15 is 0 Å². The molecule has 0 radical (unpaired) electrons. The van der Waals surface area contributed by atoms with Crippen molar-refractivity contribution in [3.05, 3.63) is 94.5 Å². The van der Waals surface area contributed by atoms with Gasteiger partial charge in [-0.1, -0.05) is 37.2 Å². The molecule has 2 N–H and O–H groups in total. The van der Waals surface area contributed by atoms with Crippen molar-refractivity contribution in [2.75, 3.05) is 23.9 Å². The molecule has 0 amide bonds. The highest BCUT2D eigenvalue weighted by atomic mass is 35.5. The molecule has 3 aromatic carbocycles. The Hall–Kier alpha value is -3.76. The molecule has 0 aromatic heterocycles. The minimum absolute atomic E-state index is 0.00387. The molecule has 2 unspecified atom stereocenters. The second kappa shape index (κ2) is 9.52. The number of aliphatic hydroxyl groups is 1. The Bertz CT molecular complexity index is 1450. The third-order valence-electron chi connectivity index (χ3n) is 6.82. The number of hydrogen-bond acceptors (Lipinski definition) is 5. The van der Waals surface area contributed by atoms with E-state index in [9.17, 15) is 27.5 Å². The maximum Gasteiger partial charge on any atom is 0.422 e. The molecule has 0 bridgehead atoms. The fraction of sp³-hybridized carbons (Fsp3) is 0.222. The average molecular weight is 551 g/mol. The van der Waals surface area contributed by atoms with Crippen LogP contribution in [-0.2, 0) is 5.60 Å². The Morgan fingerprint density at radius 2 is 1.68 bits per heavy atom. The van der Waals surface area contributed by atoms with Gasteiger partial charge in [0.05, 0.1) is 16.9 Å². The predicted molar refractivity (Wildman–Crippen MR) is 136 cm³/mol. The topological polar surface area (TPSA) is 73.2 Å². The van der Waals surface area contributed by atoms with Gasteiger partial charge < -0.3 is 24.7 Å². The standard InChI is InChI=1S/C27H23ClF4N2O4/c1-14(19-8-7-18(13-20(19)28)38-24-10-5-16(25(35)36)11-21(24)29)26(37,27(30,31)32)17-6-9-22-23(12-17)34(4)15(2)33(22)3/h5-14,37H,2H2,1,3-4H3,(H,35,36). The minimum atomic E-state index is -5.08. The number of fused-ring (bicyclic) bond motifs is 1. The van der Waals surface area contributed by atoms with E-state index in [0.29, 0.717) is 17.2 Å². The highest BCUT2D eigenvalue weighted by Gasteiger charge is 2.59. The molecule has 1 heterocycles. The summed E-state index contributed by atoms with van der Waals surface area (Å²) in [6.07, 6.45) is -5.08. The summed E-state index contributed by atoms with van der Waals surface area (Å²) in [7, 11) is 3.40. The molecule has 0 aliphatic carbocycles. The van der Waals surface area contributed by atoms with Crippen LogP contribution in [0.3, 0.4) is 0 Å². The lowest BCUT2D eigenvalue weighted by atomic mass is 9.77. The lowest BCUT2D eigenvalue weighted by Gasteiger charge is -2.37. The van der Waals surface area contributed by atoms with Crippen LogP contribution in [0.25, 0.3) is 0 Å². The molecular weight excluding hydrogens is 528 g/mol. The zero-order chi connectivity index (χ0) is 28.2. The van der Waals surface area contributed by atoms with Gasteiger partial charge in [-0.05, 0) is 53.6 Å². The number of nitrogens with zero attached hydrogens (tertiary/aromatic N) is 2. The van der Waals surface area contributed by atoms with E-state index in [1.807, 2.05) is 0 Å². The molecule has 0 fully saturated rings. The molecule has 38 heavy (non-hydrogen) atoms. The van der Waals surface area contributed by atoms with Crippen molar-refractivity contribution in [3.63, 3.8) is 0 Å². The van der Waals surface area contributed by atoms with Gasteiger partial charge in [0.15, 0.2) is 17.2 Å². The SMILES string of the molecule is C=C1N(C)c2ccc(C(O)(C(C)c3ccc(Oc4ccc(C(=O)O)cc4F)cc3Cl)C(F)(F)F)cc2N1C. The first kappa shape index (κ1) is 27.3. The molecule has 6 nitrogen and oxygen atoms in total. The molecule has 1 aliphatic rings. The van der Waals surface area contributed by atoms with Crippen molar-refractivity contribution in [2.45, 2.75) is 24.6 Å². The van der Waals surface area contributed by atoms with Crippen LogP contribution in [0.15, 0.2) is 67.0 Å². The number of carboxylic acid groups (broad SMARTS) is 1. The van der Waals surface area contributed by atoms with Crippen molar-refractivity contribution in [1.82, 2.24) is 0 Å². The lowest BCUT2D eigenvalue weighted by Crippen LogP contribution is -2.46. The zero-order valence-electron chi connectivity index (χ0n) is 20.5. The van der Waals surface area contributed by atoms with E-state index in [0.717, 1.165) is 18.2 Å². The summed E-state index contributed by atoms with van der Waals surface area (Å²) >= 11 is 6.34. The van der Waals surface area contributed by atoms with Crippen LogP contribution in [-0.4, -0.2) is 36.5 Å². The van der Waals surface area contributed by atoms with E-state index < -0.39 is 29.5 Å². The number of carboxylic acids is 1. The van der Waals surface area contributed by atoms with Crippen LogP contribution in [0.5, 0.6) is 11.5 Å². The fourth-order valence-corrected chi connectivity index (χ4v) is 4.80. The number of ether oxygens (including phenoxy) is 1. The zero-order valence-corrected chi connectivity index (χ0v) is 21.2. The monoisotopic (exact) mass is 550 g/mol. The van der Waals surface area contributed by atoms with E-state index in [-0.39, 0.29) is 33.2 Å². The molecule has 0 spiro atoms. The summed E-state index contributed by atoms with van der Waals surface area (Å²) in [4.78, 5) is 14.3. The number of benzene rings is 3. The normalized spacial score (nSPS) is 15.8. The smallest absolute Gasteiger partial charge is 0.422 e. The third kappa shape index (κ3) is 4.43. The number of carbonyl (C=O) groups is 1. The van der Waals surface area contributed by atoms with Crippen LogP contribution < -0.4 is 14.5 Å². The summed E-state index contributed by atoms with van der Waals surface area (Å²) in [5.74, 6) is -3.55. The Morgan fingerprint density at radius 3 is 2.26 bits per heavy atom. The van der Waals surface area contributed by atoms with Gasteiger partial charge in [-0.25, -0.2) is 9.18 Å². The van der Waals surface area contributed by atoms with Crippen molar-refractivity contribution >= 4 is 28.9 Å². The van der Waals surface area contributed by atoms with Crippen molar-refractivity contribution in [1.29, 1.82) is 0 Å². The number of aromatic carboxylic acids is 1. The highest BCUT2D eigenvalue weighted by Crippen LogP contribution is 2.52. The Balaban J connectivity index is 1.70. The molecule has 3 aromatic rings. The second-order valence-electron chi connectivity index (χ2n) is 8.96. The number of anilines is 2. The van der Waals surface area contributed by atoms with Crippen LogP contribution in [0.2, 0.25) is 5.02 Å². The molecule has 11 heteroatoms. The van der Waals surface area contributed by atoms with Gasteiger partial charge in [0.2, 0.25) is 0 Å². The maximum absolute atomic E-state index is 14.5. The van der Waals surface area contributed by atoms with Crippen LogP contribution in [0, 0.1) is 5.82 Å². The molecule has 2 atom stereocenters. The number of hydrogen-bond donors (Lipinski definition) is 2. The molecule has 200 valence electrons. The Morgan fingerprint density at radius 1 is 1.03 bits per heavy atom. The molecular formula is C27H23ClF4N2O4. The van der Waals surface area contributed by atoms with E-state index in [1.165, 1.54) is 43.3 Å². The van der Waals surface area contributed by atoms with Gasteiger partial charge in [-0.3, -0.25) is 0 Å². The first-order valence-corrected chi connectivity index (χ1v) is 11.6. The summed E-state index contributed by atoms with van der Waals surface area (Å²) in [6.45, 7) is 5.12. The second-order valence-corrected chi connectivity index (χ2v) is 9.37. The van der Waals surface area contributed by atoms with Gasteiger partial charge >= 0.3 is 12.1 Å². The van der Waals surface area contributed by atoms with Crippen LogP contribution >= 0.6 is 11.6 Å². The quantitative estimate of drug-likeness (QED) is 0.326. The number of rotatable bonds is 6.